The molecule has 0 bridgehead atoms. The Bertz CT molecular complexity index is 347. The number of nitrogens with one attached hydrogen (secondary N) is 1. The summed E-state index contributed by atoms with van der Waals surface area (Å²) >= 11 is 0. The molecule has 6 heteroatoms. The van der Waals surface area contributed by atoms with E-state index >= 15 is 0 Å². The van der Waals surface area contributed by atoms with Crippen LogP contribution in [0, 0.1) is 5.95 Å². The molecule has 1 aromatic rings. The molecule has 1 aromatic heterocycles. The molecule has 0 atom stereocenters. The van der Waals surface area contributed by atoms with Crippen LogP contribution in [0.25, 0.3) is 0 Å². The van der Waals surface area contributed by atoms with Gasteiger partial charge in [0.2, 0.25) is 17.1 Å². The molecule has 1 heterocycles. The number of rotatable bonds is 1. The van der Waals surface area contributed by atoms with E-state index in [0.717, 1.165) is 0 Å². The molecule has 0 unspecified atom stereocenters. The Labute approximate surface area is 64.5 Å². The molecule has 0 aliphatic carbocycles. The van der Waals surface area contributed by atoms with Crippen LogP contribution >= 0.6 is 0 Å². The van der Waals surface area contributed by atoms with Crippen LogP contribution in [0.2, 0.25) is 0 Å². The van der Waals surface area contributed by atoms with Crippen molar-refractivity contribution in [2.24, 2.45) is 0 Å². The number of alkyl halides is 2. The summed E-state index contributed by atoms with van der Waals surface area (Å²) in [6, 6.07) is 0.447. The first kappa shape index (κ1) is 8.63. The average molecular weight is 179 g/mol. The first-order chi connectivity index (χ1) is 5.52. The van der Waals surface area contributed by atoms with Crippen molar-refractivity contribution in [1.29, 1.82) is 0 Å². The number of pyridine rings is 1. The van der Waals surface area contributed by atoms with Crippen LogP contribution < -0.4 is 5.43 Å². The second-order valence-corrected chi connectivity index (χ2v) is 2.05. The van der Waals surface area contributed by atoms with Crippen molar-refractivity contribution in [2.45, 2.75) is 6.43 Å². The van der Waals surface area contributed by atoms with E-state index in [1.54, 1.807) is 4.98 Å². The summed E-state index contributed by atoms with van der Waals surface area (Å²) < 4.78 is 36.0. The standard InChI is InChI=1S/C6H4F3NO2/c7-5(8)2-1-3(11)4(12)6(9)10-2/h1,5,12H,(H,10,11). The van der Waals surface area contributed by atoms with E-state index in [4.69, 9.17) is 5.11 Å². The maximum atomic E-state index is 12.4. The van der Waals surface area contributed by atoms with E-state index in [1.807, 2.05) is 0 Å². The largest absolute Gasteiger partial charge is 0.501 e. The highest BCUT2D eigenvalue weighted by Crippen LogP contribution is 2.16. The van der Waals surface area contributed by atoms with Crippen molar-refractivity contribution in [3.05, 3.63) is 27.9 Å². The quantitative estimate of drug-likeness (QED) is 0.635. The van der Waals surface area contributed by atoms with Gasteiger partial charge in [0, 0.05) is 6.07 Å². The van der Waals surface area contributed by atoms with Crippen LogP contribution in [0.5, 0.6) is 5.75 Å². The zero-order valence-corrected chi connectivity index (χ0v) is 5.64. The lowest BCUT2D eigenvalue weighted by atomic mass is 10.3. The van der Waals surface area contributed by atoms with Gasteiger partial charge >= 0.3 is 0 Å². The van der Waals surface area contributed by atoms with Crippen molar-refractivity contribution in [1.82, 2.24) is 4.98 Å². The third-order valence-corrected chi connectivity index (χ3v) is 1.22. The number of hydrogen-bond donors (Lipinski definition) is 2. The summed E-state index contributed by atoms with van der Waals surface area (Å²) in [7, 11) is 0. The van der Waals surface area contributed by atoms with Gasteiger partial charge in [-0.1, -0.05) is 0 Å². The van der Waals surface area contributed by atoms with Crippen molar-refractivity contribution < 1.29 is 18.3 Å². The minimum Gasteiger partial charge on any atom is -0.501 e. The van der Waals surface area contributed by atoms with E-state index in [-0.39, 0.29) is 0 Å². The summed E-state index contributed by atoms with van der Waals surface area (Å²) in [5.74, 6) is -2.63. The third-order valence-electron chi connectivity index (χ3n) is 1.22. The summed E-state index contributed by atoms with van der Waals surface area (Å²) in [6.45, 7) is 0. The van der Waals surface area contributed by atoms with Crippen LogP contribution in [0.1, 0.15) is 12.1 Å². The fourth-order valence-electron chi connectivity index (χ4n) is 0.657. The van der Waals surface area contributed by atoms with Crippen molar-refractivity contribution in [3.63, 3.8) is 0 Å². The van der Waals surface area contributed by atoms with Gasteiger partial charge in [0.05, 0.1) is 5.69 Å². The zero-order chi connectivity index (χ0) is 9.30. The Morgan fingerprint density at radius 2 is 2.08 bits per heavy atom. The molecule has 1 rings (SSSR count). The van der Waals surface area contributed by atoms with Crippen LogP contribution in [-0.2, 0) is 0 Å². The number of H-pyrrole nitrogens is 1. The second-order valence-electron chi connectivity index (χ2n) is 2.05. The highest BCUT2D eigenvalue weighted by molar-refractivity contribution is 5.20. The van der Waals surface area contributed by atoms with Gasteiger partial charge in [0.1, 0.15) is 0 Å². The Hall–Kier alpha value is -1.46. The molecular formula is C6H4F3NO2. The number of hydrogen-bond acceptors (Lipinski definition) is 2. The van der Waals surface area contributed by atoms with Gasteiger partial charge in [0.25, 0.3) is 6.43 Å². The molecule has 12 heavy (non-hydrogen) atoms. The maximum Gasteiger partial charge on any atom is 0.278 e. The van der Waals surface area contributed by atoms with Crippen molar-refractivity contribution in [2.75, 3.05) is 0 Å². The first-order valence-electron chi connectivity index (χ1n) is 2.92. The highest BCUT2D eigenvalue weighted by Gasteiger charge is 2.13. The number of aromatic nitrogens is 1. The lowest BCUT2D eigenvalue weighted by Gasteiger charge is -1.99. The number of aromatic amines is 1. The SMILES string of the molecule is O=c1cc(C(F)F)[nH]c(F)c1O. The van der Waals surface area contributed by atoms with Crippen LogP contribution in [0.3, 0.4) is 0 Å². The molecule has 0 aliphatic heterocycles. The van der Waals surface area contributed by atoms with E-state index in [0.29, 0.717) is 6.07 Å². The minimum atomic E-state index is -2.97. The summed E-state index contributed by atoms with van der Waals surface area (Å²) in [5, 5.41) is 8.55. The number of aromatic hydroxyl groups is 1. The van der Waals surface area contributed by atoms with Gasteiger partial charge < -0.3 is 10.1 Å². The highest BCUT2D eigenvalue weighted by atomic mass is 19.3. The fraction of sp³-hybridized carbons (Fsp3) is 0.167. The van der Waals surface area contributed by atoms with Crippen LogP contribution in [0.4, 0.5) is 13.2 Å². The lowest BCUT2D eigenvalue weighted by molar-refractivity contribution is 0.144. The Balaban J connectivity index is 3.31. The van der Waals surface area contributed by atoms with Gasteiger partial charge in [0.15, 0.2) is 0 Å². The first-order valence-corrected chi connectivity index (χ1v) is 2.92. The Morgan fingerprint density at radius 3 is 2.50 bits per heavy atom. The van der Waals surface area contributed by atoms with Crippen LogP contribution in [-0.4, -0.2) is 10.1 Å². The fourth-order valence-corrected chi connectivity index (χ4v) is 0.657. The zero-order valence-electron chi connectivity index (χ0n) is 5.64. The molecule has 0 radical (unpaired) electrons. The van der Waals surface area contributed by atoms with E-state index < -0.39 is 29.2 Å². The molecule has 2 N–H and O–H groups in total. The smallest absolute Gasteiger partial charge is 0.278 e. The molecule has 0 amide bonds. The van der Waals surface area contributed by atoms with E-state index in [9.17, 15) is 18.0 Å². The van der Waals surface area contributed by atoms with Gasteiger partial charge in [-0.15, -0.1) is 0 Å². The number of halogens is 3. The molecule has 0 saturated heterocycles. The van der Waals surface area contributed by atoms with Gasteiger partial charge in [-0.3, -0.25) is 4.79 Å². The molecule has 0 aromatic carbocycles. The second kappa shape index (κ2) is 2.88. The van der Waals surface area contributed by atoms with Gasteiger partial charge in [-0.05, 0) is 0 Å². The van der Waals surface area contributed by atoms with E-state index in [2.05, 4.69) is 0 Å². The minimum absolute atomic E-state index is 0.447. The van der Waals surface area contributed by atoms with Crippen molar-refractivity contribution in [3.8, 4) is 5.75 Å². The Kier molecular flexibility index (Phi) is 2.07. The third kappa shape index (κ3) is 1.41. The molecule has 0 aliphatic rings. The van der Waals surface area contributed by atoms with Gasteiger partial charge in [-0.2, -0.15) is 4.39 Å². The molecule has 66 valence electrons. The average Bonchev–Trinajstić information content (AvgIpc) is 1.99. The molecular weight excluding hydrogens is 175 g/mol. The molecule has 0 saturated carbocycles. The van der Waals surface area contributed by atoms with Crippen LogP contribution in [0.15, 0.2) is 10.9 Å². The predicted octanol–water partition coefficient (Wildman–Crippen LogP) is 1.16. The van der Waals surface area contributed by atoms with Crippen molar-refractivity contribution >= 4 is 0 Å². The topological polar surface area (TPSA) is 53.1 Å². The summed E-state index contributed by atoms with van der Waals surface area (Å²) in [4.78, 5) is 12.1. The summed E-state index contributed by atoms with van der Waals surface area (Å²) in [6.07, 6.45) is -2.97. The normalized spacial score (nSPS) is 10.7. The predicted molar refractivity (Wildman–Crippen MR) is 33.6 cm³/mol. The maximum absolute atomic E-state index is 12.4. The van der Waals surface area contributed by atoms with E-state index in [1.165, 1.54) is 0 Å². The monoisotopic (exact) mass is 179 g/mol. The molecule has 0 fully saturated rings. The molecule has 3 nitrogen and oxygen atoms in total. The lowest BCUT2D eigenvalue weighted by Crippen LogP contribution is -2.06. The molecule has 0 spiro atoms. The summed E-state index contributed by atoms with van der Waals surface area (Å²) in [5.41, 5.74) is -2.02. The Morgan fingerprint density at radius 1 is 1.50 bits per heavy atom. The van der Waals surface area contributed by atoms with Gasteiger partial charge in [-0.25, -0.2) is 8.78 Å².